The van der Waals surface area contributed by atoms with E-state index in [1.54, 1.807) is 0 Å². The van der Waals surface area contributed by atoms with E-state index in [1.807, 2.05) is 0 Å². The Balaban J connectivity index is 1.84. The van der Waals surface area contributed by atoms with Crippen molar-refractivity contribution in [3.8, 4) is 6.07 Å². The molecule has 3 nitrogen and oxygen atoms in total. The van der Waals surface area contributed by atoms with Crippen LogP contribution in [0.4, 0.5) is 0 Å². The summed E-state index contributed by atoms with van der Waals surface area (Å²) in [6.45, 7) is 0. The summed E-state index contributed by atoms with van der Waals surface area (Å²) in [6, 6.07) is 8.73. The third kappa shape index (κ3) is 3.00. The number of ketones is 1. The van der Waals surface area contributed by atoms with Gasteiger partial charge in [0.1, 0.15) is 5.78 Å². The lowest BCUT2D eigenvalue weighted by Crippen LogP contribution is -2.12. The molecule has 1 aromatic heterocycles. The molecule has 1 aromatic carbocycles. The molecule has 1 N–H and O–H groups in total. The van der Waals surface area contributed by atoms with E-state index in [4.69, 9.17) is 5.26 Å². The normalized spacial score (nSPS) is 16.2. The third-order valence-corrected chi connectivity index (χ3v) is 4.52. The topological polar surface area (TPSA) is 56.6 Å². The van der Waals surface area contributed by atoms with Crippen LogP contribution in [0.15, 0.2) is 24.4 Å². The van der Waals surface area contributed by atoms with Gasteiger partial charge in [0.2, 0.25) is 0 Å². The second kappa shape index (κ2) is 6.13. The molecule has 1 saturated carbocycles. The minimum atomic E-state index is 0.406. The number of nitrogens with one attached hydrogen (secondary N) is 1. The lowest BCUT2D eigenvalue weighted by Gasteiger charge is -2.20. The molecule has 1 heterocycles. The van der Waals surface area contributed by atoms with Crippen molar-refractivity contribution in [3.05, 3.63) is 35.5 Å². The van der Waals surface area contributed by atoms with Crippen LogP contribution in [0, 0.1) is 11.3 Å². The number of aromatic nitrogens is 1. The zero-order valence-electron chi connectivity index (χ0n) is 12.2. The van der Waals surface area contributed by atoms with Crippen LogP contribution >= 0.6 is 0 Å². The minimum Gasteiger partial charge on any atom is -0.361 e. The molecule has 1 aliphatic rings. The highest BCUT2D eigenvalue weighted by Crippen LogP contribution is 2.35. The maximum Gasteiger partial charge on any atom is 0.132 e. The number of fused-ring (bicyclic) bond motifs is 1. The first kappa shape index (κ1) is 13.9. The van der Waals surface area contributed by atoms with Crippen molar-refractivity contribution in [2.75, 3.05) is 0 Å². The largest absolute Gasteiger partial charge is 0.361 e. The van der Waals surface area contributed by atoms with Crippen molar-refractivity contribution < 1.29 is 4.79 Å². The van der Waals surface area contributed by atoms with Crippen molar-refractivity contribution in [3.63, 3.8) is 0 Å². The summed E-state index contributed by atoms with van der Waals surface area (Å²) in [5.74, 6) is 0.911. The lowest BCUT2D eigenvalue weighted by atomic mass is 9.83. The fourth-order valence-corrected chi connectivity index (χ4v) is 3.30. The summed E-state index contributed by atoms with van der Waals surface area (Å²) in [4.78, 5) is 14.8. The first-order valence-corrected chi connectivity index (χ1v) is 7.76. The molecule has 3 heteroatoms. The zero-order chi connectivity index (χ0) is 14.7. The number of aryl methyl sites for hydroxylation is 1. The number of unbranched alkanes of at least 4 members (excludes halogenated alkanes) is 1. The first-order chi connectivity index (χ1) is 10.3. The molecule has 1 fully saturated rings. The van der Waals surface area contributed by atoms with Crippen LogP contribution in [0.5, 0.6) is 0 Å². The predicted molar refractivity (Wildman–Crippen MR) is 83.1 cm³/mol. The summed E-state index contributed by atoms with van der Waals surface area (Å²) >= 11 is 0. The minimum absolute atomic E-state index is 0.406. The molecular weight excluding hydrogens is 260 g/mol. The van der Waals surface area contributed by atoms with Gasteiger partial charge in [-0.1, -0.05) is 6.07 Å². The summed E-state index contributed by atoms with van der Waals surface area (Å²) < 4.78 is 0. The van der Waals surface area contributed by atoms with Crippen molar-refractivity contribution in [1.29, 1.82) is 5.26 Å². The van der Waals surface area contributed by atoms with E-state index in [2.05, 4.69) is 35.4 Å². The molecule has 3 rings (SSSR count). The Kier molecular flexibility index (Phi) is 4.06. The summed E-state index contributed by atoms with van der Waals surface area (Å²) in [5, 5.41) is 9.93. The zero-order valence-corrected chi connectivity index (χ0v) is 12.2. The van der Waals surface area contributed by atoms with E-state index < -0.39 is 0 Å². The first-order valence-electron chi connectivity index (χ1n) is 7.76. The Morgan fingerprint density at radius 2 is 2.10 bits per heavy atom. The Bertz CT molecular complexity index is 683. The quantitative estimate of drug-likeness (QED) is 0.851. The maximum absolute atomic E-state index is 11.4. The van der Waals surface area contributed by atoms with E-state index in [0.717, 1.165) is 38.5 Å². The van der Waals surface area contributed by atoms with Crippen molar-refractivity contribution in [2.45, 2.75) is 50.9 Å². The van der Waals surface area contributed by atoms with Gasteiger partial charge in [-0.25, -0.2) is 0 Å². The number of aromatic amines is 1. The molecule has 0 spiro atoms. The number of Topliss-reactive ketones (excluding diaryl/α,β-unsaturated/α-hetero) is 1. The van der Waals surface area contributed by atoms with Gasteiger partial charge in [0, 0.05) is 36.4 Å². The van der Waals surface area contributed by atoms with Gasteiger partial charge < -0.3 is 4.98 Å². The number of rotatable bonds is 4. The Labute approximate surface area is 125 Å². The molecule has 108 valence electrons. The van der Waals surface area contributed by atoms with E-state index in [0.29, 0.717) is 18.1 Å². The van der Waals surface area contributed by atoms with Gasteiger partial charge in [-0.3, -0.25) is 4.79 Å². The molecule has 2 aromatic rings. The van der Waals surface area contributed by atoms with Crippen LogP contribution < -0.4 is 0 Å². The van der Waals surface area contributed by atoms with Crippen molar-refractivity contribution in [2.24, 2.45) is 0 Å². The van der Waals surface area contributed by atoms with E-state index in [1.165, 1.54) is 22.0 Å². The van der Waals surface area contributed by atoms with Crippen LogP contribution in [-0.2, 0) is 11.2 Å². The van der Waals surface area contributed by atoms with Crippen molar-refractivity contribution >= 4 is 16.7 Å². The highest BCUT2D eigenvalue weighted by molar-refractivity contribution is 5.85. The second-order valence-electron chi connectivity index (χ2n) is 5.95. The van der Waals surface area contributed by atoms with Gasteiger partial charge >= 0.3 is 0 Å². The smallest absolute Gasteiger partial charge is 0.132 e. The van der Waals surface area contributed by atoms with E-state index in [-0.39, 0.29) is 0 Å². The van der Waals surface area contributed by atoms with Gasteiger partial charge in [0.25, 0.3) is 0 Å². The van der Waals surface area contributed by atoms with E-state index in [9.17, 15) is 4.79 Å². The third-order valence-electron chi connectivity index (χ3n) is 4.52. The molecule has 0 saturated heterocycles. The number of H-pyrrole nitrogens is 1. The number of hydrogen-bond donors (Lipinski definition) is 1. The fourth-order valence-electron chi connectivity index (χ4n) is 3.30. The number of benzene rings is 1. The highest BCUT2D eigenvalue weighted by atomic mass is 16.1. The summed E-state index contributed by atoms with van der Waals surface area (Å²) in [7, 11) is 0. The summed E-state index contributed by atoms with van der Waals surface area (Å²) in [5.41, 5.74) is 3.83. The average Bonchev–Trinajstić information content (AvgIpc) is 2.92. The van der Waals surface area contributed by atoms with Gasteiger partial charge in [-0.2, -0.15) is 5.26 Å². The fraction of sp³-hybridized carbons (Fsp3) is 0.444. The monoisotopic (exact) mass is 280 g/mol. The number of nitrogens with zero attached hydrogens (tertiary/aromatic N) is 1. The van der Waals surface area contributed by atoms with Crippen molar-refractivity contribution in [1.82, 2.24) is 4.98 Å². The van der Waals surface area contributed by atoms with Crippen LogP contribution in [-0.4, -0.2) is 10.8 Å². The molecule has 21 heavy (non-hydrogen) atoms. The number of hydrogen-bond acceptors (Lipinski definition) is 2. The SMILES string of the molecule is N#CCCCc1ccc2[nH]cc(C3CCC(=O)CC3)c2c1. The predicted octanol–water partition coefficient (Wildman–Crippen LogP) is 4.24. The maximum atomic E-state index is 11.4. The molecule has 0 atom stereocenters. The lowest BCUT2D eigenvalue weighted by molar-refractivity contribution is -0.120. The molecule has 0 aliphatic heterocycles. The Hall–Kier alpha value is -2.08. The Morgan fingerprint density at radius 1 is 1.29 bits per heavy atom. The number of nitriles is 1. The number of carbonyl (C=O) groups excluding carboxylic acids is 1. The van der Waals surface area contributed by atoms with E-state index >= 15 is 0 Å². The van der Waals surface area contributed by atoms with Crippen LogP contribution in [0.1, 0.15) is 55.6 Å². The molecule has 0 radical (unpaired) electrons. The van der Waals surface area contributed by atoms with Crippen LogP contribution in [0.2, 0.25) is 0 Å². The molecule has 0 bridgehead atoms. The van der Waals surface area contributed by atoms with Gasteiger partial charge in [0.05, 0.1) is 6.07 Å². The van der Waals surface area contributed by atoms with Crippen LogP contribution in [0.3, 0.4) is 0 Å². The summed E-state index contributed by atoms with van der Waals surface area (Å²) in [6.07, 6.45) is 8.00. The average molecular weight is 280 g/mol. The number of carbonyl (C=O) groups is 1. The molecule has 0 amide bonds. The van der Waals surface area contributed by atoms with Crippen LogP contribution in [0.25, 0.3) is 10.9 Å². The van der Waals surface area contributed by atoms with Gasteiger partial charge in [-0.05, 0) is 54.9 Å². The standard InChI is InChI=1S/C18H20N2O/c19-10-2-1-3-13-4-9-18-16(11-13)17(12-20-18)14-5-7-15(21)8-6-14/h4,9,11-12,14,20H,1-3,5-8H2. The molecular formula is C18H20N2O. The Morgan fingerprint density at radius 3 is 2.86 bits per heavy atom. The molecule has 0 unspecified atom stereocenters. The highest BCUT2D eigenvalue weighted by Gasteiger charge is 2.22. The van der Waals surface area contributed by atoms with Gasteiger partial charge in [0.15, 0.2) is 0 Å². The van der Waals surface area contributed by atoms with Gasteiger partial charge in [-0.15, -0.1) is 0 Å². The second-order valence-corrected chi connectivity index (χ2v) is 5.95. The molecule has 1 aliphatic carbocycles.